The topological polar surface area (TPSA) is 55.8 Å². The van der Waals surface area contributed by atoms with Gasteiger partial charge in [0.15, 0.2) is 6.10 Å². The van der Waals surface area contributed by atoms with Gasteiger partial charge in [-0.3, -0.25) is 0 Å². The van der Waals surface area contributed by atoms with Gasteiger partial charge in [-0.05, 0) is 12.3 Å². The van der Waals surface area contributed by atoms with Crippen molar-refractivity contribution in [2.24, 2.45) is 5.92 Å². The Hall–Kier alpha value is -0.610. The van der Waals surface area contributed by atoms with Crippen LogP contribution < -0.4 is 0 Å². The summed E-state index contributed by atoms with van der Waals surface area (Å²) in [7, 11) is 1.47. The lowest BCUT2D eigenvalue weighted by Gasteiger charge is -2.11. The number of ether oxygens (including phenoxy) is 2. The fraction of sp³-hybridized carbons (Fsp3) is 0.889. The van der Waals surface area contributed by atoms with E-state index in [2.05, 4.69) is 0 Å². The van der Waals surface area contributed by atoms with Crippen molar-refractivity contribution >= 4 is 5.97 Å². The summed E-state index contributed by atoms with van der Waals surface area (Å²) in [6, 6.07) is 0. The molecule has 0 bridgehead atoms. The molecular formula is C9H16O4. The maximum Gasteiger partial charge on any atom is 0.335 e. The summed E-state index contributed by atoms with van der Waals surface area (Å²) in [5.74, 6) is -0.172. The van der Waals surface area contributed by atoms with E-state index in [0.29, 0.717) is 6.61 Å². The number of hydrogen-bond acceptors (Lipinski definition) is 3. The predicted molar refractivity (Wildman–Crippen MR) is 46.6 cm³/mol. The molecule has 0 saturated heterocycles. The third-order valence-corrected chi connectivity index (χ3v) is 2.14. The predicted octanol–water partition coefficient (Wildman–Crippen LogP) is 0.903. The first-order valence-corrected chi connectivity index (χ1v) is 4.57. The van der Waals surface area contributed by atoms with Crippen molar-refractivity contribution in [3.8, 4) is 0 Å². The van der Waals surface area contributed by atoms with Gasteiger partial charge >= 0.3 is 5.97 Å². The van der Waals surface area contributed by atoms with E-state index in [4.69, 9.17) is 14.6 Å². The van der Waals surface area contributed by atoms with Gasteiger partial charge in [-0.25, -0.2) is 4.79 Å². The lowest BCUT2D eigenvalue weighted by Crippen LogP contribution is -2.29. The molecule has 0 amide bonds. The molecule has 0 radical (unpaired) electrons. The second-order valence-corrected chi connectivity index (χ2v) is 3.39. The number of methoxy groups -OCH3 is 1. The number of aliphatic carboxylic acids is 1. The Kier molecular flexibility index (Phi) is 4.18. The molecule has 0 aromatic rings. The summed E-state index contributed by atoms with van der Waals surface area (Å²) in [6.07, 6.45) is 2.72. The van der Waals surface area contributed by atoms with E-state index in [1.54, 1.807) is 0 Å². The third kappa shape index (κ3) is 4.24. The van der Waals surface area contributed by atoms with Crippen molar-refractivity contribution in [1.29, 1.82) is 0 Å². The fourth-order valence-corrected chi connectivity index (χ4v) is 1.13. The molecule has 0 aromatic heterocycles. The molecule has 1 unspecified atom stereocenters. The van der Waals surface area contributed by atoms with Crippen LogP contribution in [0.3, 0.4) is 0 Å². The highest BCUT2D eigenvalue weighted by Gasteiger charge is 2.23. The van der Waals surface area contributed by atoms with Gasteiger partial charge in [0.2, 0.25) is 0 Å². The molecule has 13 heavy (non-hydrogen) atoms. The maximum absolute atomic E-state index is 10.6. The Balaban J connectivity index is 2.08. The summed E-state index contributed by atoms with van der Waals surface area (Å²) in [4.78, 5) is 10.6. The van der Waals surface area contributed by atoms with Crippen molar-refractivity contribution in [3.05, 3.63) is 0 Å². The molecule has 0 aliphatic heterocycles. The first-order valence-electron chi connectivity index (χ1n) is 4.57. The lowest BCUT2D eigenvalue weighted by atomic mass is 10.3. The minimum Gasteiger partial charge on any atom is -0.479 e. The first kappa shape index (κ1) is 10.5. The molecule has 1 aliphatic rings. The van der Waals surface area contributed by atoms with E-state index < -0.39 is 12.1 Å². The van der Waals surface area contributed by atoms with Gasteiger partial charge in [0, 0.05) is 13.7 Å². The summed E-state index contributed by atoms with van der Waals surface area (Å²) in [6.45, 7) is 0.658. The summed E-state index contributed by atoms with van der Waals surface area (Å²) in [5, 5.41) is 8.68. The van der Waals surface area contributed by atoms with Crippen LogP contribution in [0.15, 0.2) is 0 Å². The molecule has 1 saturated carbocycles. The molecule has 1 aliphatic carbocycles. The van der Waals surface area contributed by atoms with Crippen molar-refractivity contribution in [2.45, 2.75) is 25.4 Å². The highest BCUT2D eigenvalue weighted by Crippen LogP contribution is 2.32. The second-order valence-electron chi connectivity index (χ2n) is 3.39. The van der Waals surface area contributed by atoms with Gasteiger partial charge < -0.3 is 14.6 Å². The van der Waals surface area contributed by atoms with E-state index in [9.17, 15) is 4.79 Å². The number of rotatable bonds is 7. The first-order chi connectivity index (χ1) is 6.24. The quantitative estimate of drug-likeness (QED) is 0.645. The van der Waals surface area contributed by atoms with Crippen LogP contribution in [0.2, 0.25) is 0 Å². The van der Waals surface area contributed by atoms with E-state index in [1.807, 2.05) is 0 Å². The Morgan fingerprint density at radius 3 is 2.77 bits per heavy atom. The number of carbonyl (C=O) groups is 1. The number of carboxylic acids is 1. The second kappa shape index (κ2) is 5.19. The molecule has 76 valence electrons. The standard InChI is InChI=1S/C9H16O4/c1-12-6-8(9(10)11)13-5-4-7-2-3-7/h7-8H,2-6H2,1H3,(H,10,11). The zero-order valence-corrected chi connectivity index (χ0v) is 7.86. The Bertz CT molecular complexity index is 165. The van der Waals surface area contributed by atoms with E-state index in [0.717, 1.165) is 12.3 Å². The summed E-state index contributed by atoms with van der Waals surface area (Å²) < 4.78 is 9.90. The van der Waals surface area contributed by atoms with Gasteiger partial charge in [-0.15, -0.1) is 0 Å². The Labute approximate surface area is 77.8 Å². The summed E-state index contributed by atoms with van der Waals surface area (Å²) >= 11 is 0. The van der Waals surface area contributed by atoms with Crippen LogP contribution in [0.1, 0.15) is 19.3 Å². The van der Waals surface area contributed by atoms with Crippen LogP contribution in [-0.2, 0) is 14.3 Å². The fourth-order valence-electron chi connectivity index (χ4n) is 1.13. The molecule has 1 N–H and O–H groups in total. The zero-order chi connectivity index (χ0) is 9.68. The van der Waals surface area contributed by atoms with E-state index in [-0.39, 0.29) is 6.61 Å². The molecule has 0 spiro atoms. The molecule has 0 heterocycles. The molecule has 4 nitrogen and oxygen atoms in total. The van der Waals surface area contributed by atoms with E-state index in [1.165, 1.54) is 20.0 Å². The average Bonchev–Trinajstić information content (AvgIpc) is 2.86. The lowest BCUT2D eigenvalue weighted by molar-refractivity contribution is -0.154. The smallest absolute Gasteiger partial charge is 0.335 e. The van der Waals surface area contributed by atoms with Gasteiger partial charge in [0.1, 0.15) is 0 Å². The highest BCUT2D eigenvalue weighted by atomic mass is 16.5. The molecule has 1 rings (SSSR count). The van der Waals surface area contributed by atoms with Crippen LogP contribution in [0.25, 0.3) is 0 Å². The normalized spacial score (nSPS) is 18.5. The van der Waals surface area contributed by atoms with Gasteiger partial charge in [-0.1, -0.05) is 12.8 Å². The monoisotopic (exact) mass is 188 g/mol. The van der Waals surface area contributed by atoms with Crippen molar-refractivity contribution in [1.82, 2.24) is 0 Å². The van der Waals surface area contributed by atoms with Crippen molar-refractivity contribution in [3.63, 3.8) is 0 Å². The number of hydrogen-bond donors (Lipinski definition) is 1. The van der Waals surface area contributed by atoms with Gasteiger partial charge in [0.25, 0.3) is 0 Å². The Morgan fingerprint density at radius 1 is 1.62 bits per heavy atom. The molecule has 0 aromatic carbocycles. The molecule has 4 heteroatoms. The SMILES string of the molecule is COCC(OCCC1CC1)C(=O)O. The minimum atomic E-state index is -0.947. The highest BCUT2D eigenvalue weighted by molar-refractivity contribution is 5.72. The van der Waals surface area contributed by atoms with Crippen LogP contribution in [0.4, 0.5) is 0 Å². The van der Waals surface area contributed by atoms with Crippen LogP contribution >= 0.6 is 0 Å². The maximum atomic E-state index is 10.6. The Morgan fingerprint density at radius 2 is 2.31 bits per heavy atom. The minimum absolute atomic E-state index is 0.125. The van der Waals surface area contributed by atoms with Crippen LogP contribution in [-0.4, -0.2) is 37.5 Å². The number of carboxylic acid groups (broad SMARTS) is 1. The molecule has 1 fully saturated rings. The molecular weight excluding hydrogens is 172 g/mol. The van der Waals surface area contributed by atoms with Gasteiger partial charge in [-0.2, -0.15) is 0 Å². The molecule has 1 atom stereocenters. The van der Waals surface area contributed by atoms with Crippen LogP contribution in [0.5, 0.6) is 0 Å². The van der Waals surface area contributed by atoms with E-state index >= 15 is 0 Å². The largest absolute Gasteiger partial charge is 0.479 e. The van der Waals surface area contributed by atoms with Crippen LogP contribution in [0, 0.1) is 5.92 Å². The van der Waals surface area contributed by atoms with Crippen molar-refractivity contribution in [2.75, 3.05) is 20.3 Å². The third-order valence-electron chi connectivity index (χ3n) is 2.14. The summed E-state index contributed by atoms with van der Waals surface area (Å²) in [5.41, 5.74) is 0. The van der Waals surface area contributed by atoms with Gasteiger partial charge in [0.05, 0.1) is 6.61 Å². The van der Waals surface area contributed by atoms with Crippen molar-refractivity contribution < 1.29 is 19.4 Å². The average molecular weight is 188 g/mol. The zero-order valence-electron chi connectivity index (χ0n) is 7.86.